The molecule has 0 saturated carbocycles. The summed E-state index contributed by atoms with van der Waals surface area (Å²) >= 11 is 1.36. The van der Waals surface area contributed by atoms with E-state index >= 15 is 0 Å². The van der Waals surface area contributed by atoms with Crippen molar-refractivity contribution in [2.24, 2.45) is 5.14 Å². The van der Waals surface area contributed by atoms with Crippen LogP contribution in [0.25, 0.3) is 0 Å². The van der Waals surface area contributed by atoms with Crippen LogP contribution in [-0.4, -0.2) is 19.3 Å². The minimum Gasteiger partial charge on any atom is -0.431 e. The number of ether oxygens (including phenoxy) is 1. The van der Waals surface area contributed by atoms with Gasteiger partial charge in [0.15, 0.2) is 0 Å². The van der Waals surface area contributed by atoms with Crippen LogP contribution in [0.1, 0.15) is 15.9 Å². The van der Waals surface area contributed by atoms with Crippen LogP contribution in [0, 0.1) is 6.92 Å². The van der Waals surface area contributed by atoms with Crippen molar-refractivity contribution in [1.29, 1.82) is 0 Å². The number of hydrogen-bond donors (Lipinski definition) is 2. The molecule has 0 bridgehead atoms. The molecule has 0 unspecified atom stereocenters. The fourth-order valence-corrected chi connectivity index (χ4v) is 3.54. The number of amides is 1. The summed E-state index contributed by atoms with van der Waals surface area (Å²) in [6, 6.07) is 11.0. The molecule has 0 atom stereocenters. The SMILES string of the molecule is Cc1ccc(NC(=O)c2ccc(Oc3nccs3)cc2)cc1S(N)(=O)=O. The highest BCUT2D eigenvalue weighted by Gasteiger charge is 2.14. The maximum Gasteiger partial charge on any atom is 0.278 e. The maximum absolute atomic E-state index is 12.3. The normalized spacial score (nSPS) is 11.2. The molecule has 9 heteroatoms. The van der Waals surface area contributed by atoms with Gasteiger partial charge in [-0.2, -0.15) is 0 Å². The van der Waals surface area contributed by atoms with Crippen LogP contribution in [0.5, 0.6) is 10.9 Å². The Bertz CT molecular complexity index is 1030. The lowest BCUT2D eigenvalue weighted by Gasteiger charge is -2.09. The zero-order valence-electron chi connectivity index (χ0n) is 13.7. The Morgan fingerprint density at radius 1 is 1.19 bits per heavy atom. The number of carbonyl (C=O) groups excluding carboxylic acids is 1. The second kappa shape index (κ2) is 7.24. The van der Waals surface area contributed by atoms with Crippen LogP contribution in [-0.2, 0) is 10.0 Å². The van der Waals surface area contributed by atoms with Gasteiger partial charge in [0.2, 0.25) is 10.0 Å². The van der Waals surface area contributed by atoms with Crippen molar-refractivity contribution in [1.82, 2.24) is 4.98 Å². The van der Waals surface area contributed by atoms with E-state index in [1.807, 2.05) is 0 Å². The van der Waals surface area contributed by atoms with Gasteiger partial charge in [-0.05, 0) is 48.9 Å². The van der Waals surface area contributed by atoms with Gasteiger partial charge in [0.25, 0.3) is 11.1 Å². The lowest BCUT2D eigenvalue weighted by atomic mass is 10.2. The number of thiazole rings is 1. The van der Waals surface area contributed by atoms with E-state index in [-0.39, 0.29) is 10.8 Å². The first kappa shape index (κ1) is 18.1. The van der Waals surface area contributed by atoms with Gasteiger partial charge in [0.05, 0.1) is 4.90 Å². The van der Waals surface area contributed by atoms with Crippen LogP contribution in [0.2, 0.25) is 0 Å². The van der Waals surface area contributed by atoms with Crippen LogP contribution in [0.15, 0.2) is 58.9 Å². The number of carbonyl (C=O) groups is 1. The molecule has 0 saturated heterocycles. The molecular weight excluding hydrogens is 374 g/mol. The van der Waals surface area contributed by atoms with Gasteiger partial charge in [-0.15, -0.1) is 0 Å². The van der Waals surface area contributed by atoms with Crippen molar-refractivity contribution >= 4 is 33.0 Å². The summed E-state index contributed by atoms with van der Waals surface area (Å²) in [6.07, 6.45) is 1.64. The van der Waals surface area contributed by atoms with E-state index in [0.717, 1.165) is 0 Å². The summed E-state index contributed by atoms with van der Waals surface area (Å²) in [7, 11) is -3.86. The minimum absolute atomic E-state index is 0.0255. The number of benzene rings is 2. The van der Waals surface area contributed by atoms with Crippen molar-refractivity contribution < 1.29 is 17.9 Å². The third-order valence-electron chi connectivity index (χ3n) is 3.48. The van der Waals surface area contributed by atoms with E-state index in [0.29, 0.717) is 27.8 Å². The van der Waals surface area contributed by atoms with E-state index in [1.54, 1.807) is 54.9 Å². The summed E-state index contributed by atoms with van der Waals surface area (Å²) in [5, 5.41) is 10.1. The van der Waals surface area contributed by atoms with Crippen LogP contribution in [0.4, 0.5) is 5.69 Å². The molecule has 26 heavy (non-hydrogen) atoms. The second-order valence-electron chi connectivity index (χ2n) is 5.40. The van der Waals surface area contributed by atoms with E-state index < -0.39 is 10.0 Å². The number of hydrogen-bond acceptors (Lipinski definition) is 6. The highest BCUT2D eigenvalue weighted by Crippen LogP contribution is 2.24. The standard InChI is InChI=1S/C17H15N3O4S2/c1-11-2-5-13(10-15(11)26(18,22)23)20-16(21)12-3-6-14(7-4-12)24-17-19-8-9-25-17/h2-10H,1H3,(H,20,21)(H2,18,22,23). The largest absolute Gasteiger partial charge is 0.431 e. The van der Waals surface area contributed by atoms with Gasteiger partial charge in [-0.25, -0.2) is 18.5 Å². The van der Waals surface area contributed by atoms with Gasteiger partial charge in [-0.3, -0.25) is 4.79 Å². The topological polar surface area (TPSA) is 111 Å². The molecule has 7 nitrogen and oxygen atoms in total. The molecule has 3 rings (SSSR count). The first-order valence-corrected chi connectivity index (χ1v) is 9.88. The Morgan fingerprint density at radius 3 is 2.54 bits per heavy atom. The highest BCUT2D eigenvalue weighted by atomic mass is 32.2. The molecule has 0 aliphatic carbocycles. The zero-order valence-corrected chi connectivity index (χ0v) is 15.3. The Kier molecular flexibility index (Phi) is 5.03. The van der Waals surface area contributed by atoms with E-state index in [9.17, 15) is 13.2 Å². The number of nitrogens with two attached hydrogens (primary N) is 1. The summed E-state index contributed by atoms with van der Waals surface area (Å²) < 4.78 is 28.7. The number of anilines is 1. The predicted molar refractivity (Wildman–Crippen MR) is 99.1 cm³/mol. The molecule has 1 heterocycles. The van der Waals surface area contributed by atoms with Crippen molar-refractivity contribution in [3.63, 3.8) is 0 Å². The third kappa shape index (κ3) is 4.26. The third-order valence-corrected chi connectivity index (χ3v) is 5.18. The van der Waals surface area contributed by atoms with Crippen molar-refractivity contribution in [3.8, 4) is 10.9 Å². The lowest BCUT2D eigenvalue weighted by molar-refractivity contribution is 0.102. The Morgan fingerprint density at radius 2 is 1.92 bits per heavy atom. The Hall–Kier alpha value is -2.75. The van der Waals surface area contributed by atoms with Gasteiger partial charge in [0, 0.05) is 22.8 Å². The fourth-order valence-electron chi connectivity index (χ4n) is 2.22. The van der Waals surface area contributed by atoms with Gasteiger partial charge < -0.3 is 10.1 Å². The average molecular weight is 389 g/mol. The summed E-state index contributed by atoms with van der Waals surface area (Å²) in [5.74, 6) is 0.179. The fraction of sp³-hybridized carbons (Fsp3) is 0.0588. The first-order chi connectivity index (χ1) is 12.3. The van der Waals surface area contributed by atoms with Gasteiger partial charge >= 0.3 is 0 Å². The van der Waals surface area contributed by atoms with E-state index in [4.69, 9.17) is 9.88 Å². The molecule has 2 aromatic carbocycles. The molecule has 0 aliphatic rings. The monoisotopic (exact) mass is 389 g/mol. The summed E-state index contributed by atoms with van der Waals surface area (Å²) in [4.78, 5) is 16.3. The zero-order chi connectivity index (χ0) is 18.7. The predicted octanol–water partition coefficient (Wildman–Crippen LogP) is 3.14. The Labute approximate surface area is 154 Å². The van der Waals surface area contributed by atoms with Crippen LogP contribution < -0.4 is 15.2 Å². The number of sulfonamides is 1. The quantitative estimate of drug-likeness (QED) is 0.696. The van der Waals surface area contributed by atoms with E-state index in [1.165, 1.54) is 17.4 Å². The average Bonchev–Trinajstić information content (AvgIpc) is 3.09. The second-order valence-corrected chi connectivity index (χ2v) is 7.79. The molecule has 3 aromatic rings. The molecule has 0 aliphatic heterocycles. The number of primary sulfonamides is 1. The molecule has 0 fully saturated rings. The molecule has 3 N–H and O–H groups in total. The maximum atomic E-state index is 12.3. The van der Waals surface area contributed by atoms with Crippen molar-refractivity contribution in [2.45, 2.75) is 11.8 Å². The molecule has 1 amide bonds. The lowest BCUT2D eigenvalue weighted by Crippen LogP contribution is -2.16. The smallest absolute Gasteiger partial charge is 0.278 e. The molecular formula is C17H15N3O4S2. The van der Waals surface area contributed by atoms with Crippen molar-refractivity contribution in [2.75, 3.05) is 5.32 Å². The Balaban J connectivity index is 1.74. The van der Waals surface area contributed by atoms with Gasteiger partial charge in [0.1, 0.15) is 5.75 Å². The summed E-state index contributed by atoms with van der Waals surface area (Å²) in [6.45, 7) is 1.63. The molecule has 0 spiro atoms. The first-order valence-electron chi connectivity index (χ1n) is 7.45. The molecule has 0 radical (unpaired) electrons. The number of aryl methyl sites for hydroxylation is 1. The number of rotatable bonds is 5. The van der Waals surface area contributed by atoms with Crippen LogP contribution >= 0.6 is 11.3 Å². The molecule has 134 valence electrons. The van der Waals surface area contributed by atoms with Crippen LogP contribution in [0.3, 0.4) is 0 Å². The summed E-state index contributed by atoms with van der Waals surface area (Å²) in [5.41, 5.74) is 1.25. The highest BCUT2D eigenvalue weighted by molar-refractivity contribution is 7.89. The molecule has 1 aromatic heterocycles. The minimum atomic E-state index is -3.86. The van der Waals surface area contributed by atoms with E-state index in [2.05, 4.69) is 10.3 Å². The van der Waals surface area contributed by atoms with Crippen molar-refractivity contribution in [3.05, 3.63) is 65.2 Å². The van der Waals surface area contributed by atoms with Gasteiger partial charge in [-0.1, -0.05) is 17.4 Å². The number of nitrogens with zero attached hydrogens (tertiary/aromatic N) is 1. The number of aromatic nitrogens is 1. The number of nitrogens with one attached hydrogen (secondary N) is 1.